The van der Waals surface area contributed by atoms with E-state index in [1.807, 2.05) is 18.8 Å². The Kier molecular flexibility index (Phi) is 4.10. The molecule has 0 aliphatic heterocycles. The van der Waals surface area contributed by atoms with Crippen LogP contribution in [0.5, 0.6) is 0 Å². The van der Waals surface area contributed by atoms with Crippen LogP contribution in [0.1, 0.15) is 0 Å². The van der Waals surface area contributed by atoms with Crippen molar-refractivity contribution in [3.8, 4) is 5.40 Å². The lowest BCUT2D eigenvalue weighted by molar-refractivity contribution is 1.56. The van der Waals surface area contributed by atoms with Crippen LogP contribution in [0.4, 0.5) is 0 Å². The number of hydrogen-bond acceptors (Lipinski definition) is 2. The van der Waals surface area contributed by atoms with Crippen LogP contribution in [0.3, 0.4) is 0 Å². The molecule has 7 heavy (non-hydrogen) atoms. The highest BCUT2D eigenvalue weighted by Gasteiger charge is 1.95. The molecule has 0 spiro atoms. The summed E-state index contributed by atoms with van der Waals surface area (Å²) >= 11 is 0. The molecule has 0 aromatic rings. The molecule has 3 heteroatoms. The van der Waals surface area contributed by atoms with Crippen LogP contribution in [0.25, 0.3) is 0 Å². The zero-order valence-electron chi connectivity index (χ0n) is 5.06. The Labute approximate surface area is 46.4 Å². The molecule has 0 radical (unpaired) electrons. The number of rotatable bonds is 0. The van der Waals surface area contributed by atoms with Gasteiger partial charge in [-0.15, -0.1) is 0 Å². The molecule has 0 amide bonds. The Balaban J connectivity index is 0. The van der Waals surface area contributed by atoms with E-state index in [9.17, 15) is 0 Å². The van der Waals surface area contributed by atoms with Crippen molar-refractivity contribution in [2.45, 2.75) is 0 Å². The Morgan fingerprint density at radius 1 is 1.29 bits per heavy atom. The number of thiocyanates is 1. The van der Waals surface area contributed by atoms with Gasteiger partial charge in [-0.2, -0.15) is 15.3 Å². The molecule has 3 N–H and O–H groups in total. The van der Waals surface area contributed by atoms with E-state index in [0.717, 1.165) is 0 Å². The van der Waals surface area contributed by atoms with Gasteiger partial charge in [-0.25, -0.2) is 0 Å². The quantitative estimate of drug-likeness (QED) is 0.490. The fourth-order valence-corrected chi connectivity index (χ4v) is 0. The molecule has 0 aliphatic rings. The van der Waals surface area contributed by atoms with Crippen molar-refractivity contribution in [1.29, 1.82) is 5.26 Å². The van der Waals surface area contributed by atoms with Crippen LogP contribution >= 0.6 is 10.0 Å². The molecule has 0 aromatic carbocycles. The number of nitrogens with zero attached hydrogens (tertiary/aromatic N) is 1. The van der Waals surface area contributed by atoms with Crippen LogP contribution in [0, 0.1) is 10.7 Å². The van der Waals surface area contributed by atoms with Gasteiger partial charge < -0.3 is 6.15 Å². The van der Waals surface area contributed by atoms with Crippen molar-refractivity contribution in [3.05, 3.63) is 0 Å². The van der Waals surface area contributed by atoms with Gasteiger partial charge in [0, 0.05) is 0 Å². The van der Waals surface area contributed by atoms with Gasteiger partial charge in [-0.3, -0.25) is 0 Å². The highest BCUT2D eigenvalue weighted by Crippen LogP contribution is 2.31. The maximum atomic E-state index is 8.19. The summed E-state index contributed by atoms with van der Waals surface area (Å²) in [6.45, 7) is 0. The lowest BCUT2D eigenvalue weighted by Gasteiger charge is -2.10. The Hall–Kier alpha value is -0.200. The molecule has 0 unspecified atom stereocenters. The van der Waals surface area contributed by atoms with Crippen molar-refractivity contribution >= 4 is 10.0 Å². The predicted molar refractivity (Wildman–Crippen MR) is 36.0 cm³/mol. The van der Waals surface area contributed by atoms with E-state index in [1.165, 1.54) is 0 Å². The SMILES string of the molecule is CS(C)(C)C#N.N. The second-order valence-electron chi connectivity index (χ2n) is 1.93. The molecule has 2 nitrogen and oxygen atoms in total. The van der Waals surface area contributed by atoms with Gasteiger partial charge in [0.1, 0.15) is 5.40 Å². The van der Waals surface area contributed by atoms with E-state index in [4.69, 9.17) is 5.26 Å². The lowest BCUT2D eigenvalue weighted by Crippen LogP contribution is -1.82. The lowest BCUT2D eigenvalue weighted by atomic mass is 11.8. The normalized spacial score (nSPS) is 11.1. The maximum absolute atomic E-state index is 8.19. The molecule has 44 valence electrons. The second-order valence-corrected chi connectivity index (χ2v) is 5.79. The van der Waals surface area contributed by atoms with Gasteiger partial charge in [0.05, 0.1) is 0 Å². The van der Waals surface area contributed by atoms with Crippen LogP contribution in [-0.4, -0.2) is 18.8 Å². The largest absolute Gasteiger partial charge is 0.344 e. The third-order valence-corrected chi connectivity index (χ3v) is 0.822. The first-order valence-corrected chi connectivity index (χ1v) is 4.51. The first-order valence-electron chi connectivity index (χ1n) is 1.65. The molecular weight excluding hydrogens is 108 g/mol. The van der Waals surface area contributed by atoms with Crippen molar-refractivity contribution < 1.29 is 0 Å². The van der Waals surface area contributed by atoms with Crippen molar-refractivity contribution in [2.75, 3.05) is 18.8 Å². The number of nitriles is 1. The van der Waals surface area contributed by atoms with Gasteiger partial charge in [-0.05, 0) is 18.8 Å². The zero-order chi connectivity index (χ0) is 5.21. The summed E-state index contributed by atoms with van der Waals surface area (Å²) in [6, 6.07) is 0. The maximum Gasteiger partial charge on any atom is 0.112 e. The topological polar surface area (TPSA) is 58.8 Å². The third-order valence-electron chi connectivity index (χ3n) is 0.274. The van der Waals surface area contributed by atoms with Crippen LogP contribution in [0.15, 0.2) is 0 Å². The second kappa shape index (κ2) is 2.89. The molecule has 0 aliphatic carbocycles. The smallest absolute Gasteiger partial charge is 0.112 e. The summed E-state index contributed by atoms with van der Waals surface area (Å²) in [4.78, 5) is 0. The summed E-state index contributed by atoms with van der Waals surface area (Å²) in [5, 5.41) is 10.4. The average Bonchev–Trinajstić information content (AvgIpc) is 1.35. The first-order chi connectivity index (χ1) is 2.56. The summed E-state index contributed by atoms with van der Waals surface area (Å²) < 4.78 is 0. The molecule has 0 saturated carbocycles. The Morgan fingerprint density at radius 2 is 1.43 bits per heavy atom. The number of hydrogen-bond donors (Lipinski definition) is 1. The highest BCUT2D eigenvalue weighted by molar-refractivity contribution is 8.35. The van der Waals surface area contributed by atoms with Gasteiger partial charge in [0.2, 0.25) is 0 Å². The molecule has 0 aromatic heterocycles. The van der Waals surface area contributed by atoms with E-state index in [-0.39, 0.29) is 6.15 Å². The van der Waals surface area contributed by atoms with Gasteiger partial charge in [-0.1, -0.05) is 0 Å². The fraction of sp³-hybridized carbons (Fsp3) is 0.750. The van der Waals surface area contributed by atoms with Gasteiger partial charge in [0.25, 0.3) is 0 Å². The average molecular weight is 120 g/mol. The minimum atomic E-state index is -0.856. The third kappa shape index (κ3) is 10.7. The van der Waals surface area contributed by atoms with Crippen LogP contribution in [0.2, 0.25) is 0 Å². The van der Waals surface area contributed by atoms with Crippen molar-refractivity contribution in [3.63, 3.8) is 0 Å². The first kappa shape index (κ1) is 9.93. The fourth-order valence-electron chi connectivity index (χ4n) is 0. The molecule has 0 atom stereocenters. The molecule has 0 heterocycles. The monoisotopic (exact) mass is 120 g/mol. The van der Waals surface area contributed by atoms with E-state index in [1.54, 1.807) is 0 Å². The molecular formula is C4H12N2S. The van der Waals surface area contributed by atoms with E-state index >= 15 is 0 Å². The van der Waals surface area contributed by atoms with Crippen molar-refractivity contribution in [1.82, 2.24) is 6.15 Å². The highest BCUT2D eigenvalue weighted by atomic mass is 32.3. The standard InChI is InChI=1S/C4H9NS.H3N/c1-6(2,3)4-5;/h1-3H3;1H3. The predicted octanol–water partition coefficient (Wildman–Crippen LogP) is 1.32. The van der Waals surface area contributed by atoms with Crippen LogP contribution in [-0.2, 0) is 0 Å². The molecule has 0 saturated heterocycles. The molecule has 0 fully saturated rings. The molecule has 0 bridgehead atoms. The summed E-state index contributed by atoms with van der Waals surface area (Å²) in [6.07, 6.45) is 5.90. The summed E-state index contributed by atoms with van der Waals surface area (Å²) in [5.74, 6) is 0. The van der Waals surface area contributed by atoms with E-state index < -0.39 is 10.0 Å². The van der Waals surface area contributed by atoms with Crippen LogP contribution < -0.4 is 6.15 Å². The minimum Gasteiger partial charge on any atom is -0.344 e. The van der Waals surface area contributed by atoms with Crippen molar-refractivity contribution in [2.24, 2.45) is 0 Å². The Bertz CT molecular complexity index is 76.7. The van der Waals surface area contributed by atoms with E-state index in [2.05, 4.69) is 5.40 Å². The zero-order valence-corrected chi connectivity index (χ0v) is 5.88. The minimum absolute atomic E-state index is 0. The summed E-state index contributed by atoms with van der Waals surface area (Å²) in [7, 11) is -0.856. The van der Waals surface area contributed by atoms with Gasteiger partial charge >= 0.3 is 0 Å². The summed E-state index contributed by atoms with van der Waals surface area (Å²) in [5.41, 5.74) is 0. The van der Waals surface area contributed by atoms with Gasteiger partial charge in [0.15, 0.2) is 0 Å². The molecule has 0 rings (SSSR count). The van der Waals surface area contributed by atoms with E-state index in [0.29, 0.717) is 0 Å². The Morgan fingerprint density at radius 3 is 1.43 bits per heavy atom.